The highest BCUT2D eigenvalue weighted by Gasteiger charge is 2.12. The molecule has 1 amide bonds. The van der Waals surface area contributed by atoms with Crippen molar-refractivity contribution >= 4 is 11.6 Å². The zero-order valence-corrected chi connectivity index (χ0v) is 6.85. The minimum absolute atomic E-state index is 0.0306. The van der Waals surface area contributed by atoms with Crippen molar-refractivity contribution in [3.05, 3.63) is 33.6 Å². The molecule has 0 aliphatic rings. The SMILES string of the molecule is Cc1cc(C(N)=O)ncc1[N+](=O)[O-]. The van der Waals surface area contributed by atoms with Gasteiger partial charge in [-0.15, -0.1) is 0 Å². The van der Waals surface area contributed by atoms with Gasteiger partial charge in [-0.2, -0.15) is 0 Å². The van der Waals surface area contributed by atoms with Crippen molar-refractivity contribution in [3.8, 4) is 0 Å². The fourth-order valence-electron chi connectivity index (χ4n) is 0.875. The van der Waals surface area contributed by atoms with Crippen LogP contribution in [0.1, 0.15) is 16.1 Å². The summed E-state index contributed by atoms with van der Waals surface area (Å²) in [7, 11) is 0. The summed E-state index contributed by atoms with van der Waals surface area (Å²) in [6, 6.07) is 1.29. The van der Waals surface area contributed by atoms with Crippen LogP contribution >= 0.6 is 0 Å². The van der Waals surface area contributed by atoms with E-state index in [2.05, 4.69) is 4.98 Å². The van der Waals surface area contributed by atoms with Gasteiger partial charge in [-0.25, -0.2) is 4.98 Å². The highest BCUT2D eigenvalue weighted by Crippen LogP contribution is 2.15. The maximum atomic E-state index is 10.6. The number of nitro groups is 1. The molecule has 1 heterocycles. The highest BCUT2D eigenvalue weighted by atomic mass is 16.6. The Morgan fingerprint density at radius 3 is 2.69 bits per heavy atom. The molecule has 0 saturated carbocycles. The lowest BCUT2D eigenvalue weighted by atomic mass is 10.2. The molecule has 0 radical (unpaired) electrons. The fraction of sp³-hybridized carbons (Fsp3) is 0.143. The number of rotatable bonds is 2. The number of aromatic nitrogens is 1. The Labute approximate surface area is 73.5 Å². The molecular formula is C7H7N3O3. The van der Waals surface area contributed by atoms with E-state index >= 15 is 0 Å². The number of pyridine rings is 1. The van der Waals surface area contributed by atoms with E-state index in [9.17, 15) is 14.9 Å². The van der Waals surface area contributed by atoms with E-state index in [0.29, 0.717) is 5.56 Å². The first-order valence-electron chi connectivity index (χ1n) is 3.43. The molecule has 0 bridgehead atoms. The summed E-state index contributed by atoms with van der Waals surface area (Å²) in [5, 5.41) is 10.4. The van der Waals surface area contributed by atoms with Crippen molar-refractivity contribution < 1.29 is 9.72 Å². The van der Waals surface area contributed by atoms with Crippen molar-refractivity contribution in [2.24, 2.45) is 5.73 Å². The largest absolute Gasteiger partial charge is 0.364 e. The molecule has 0 unspecified atom stereocenters. The molecule has 6 heteroatoms. The van der Waals surface area contributed by atoms with E-state index < -0.39 is 10.8 Å². The lowest BCUT2D eigenvalue weighted by Gasteiger charge is -1.97. The zero-order valence-electron chi connectivity index (χ0n) is 6.85. The Morgan fingerprint density at radius 2 is 2.31 bits per heavy atom. The number of carbonyl (C=O) groups is 1. The van der Waals surface area contributed by atoms with Crippen LogP contribution in [0.2, 0.25) is 0 Å². The average molecular weight is 181 g/mol. The van der Waals surface area contributed by atoms with Gasteiger partial charge < -0.3 is 5.73 Å². The van der Waals surface area contributed by atoms with E-state index in [0.717, 1.165) is 6.20 Å². The van der Waals surface area contributed by atoms with Crippen molar-refractivity contribution in [3.63, 3.8) is 0 Å². The predicted molar refractivity (Wildman–Crippen MR) is 44.1 cm³/mol. The Bertz CT molecular complexity index is 375. The molecule has 0 fully saturated rings. The van der Waals surface area contributed by atoms with Crippen molar-refractivity contribution in [1.29, 1.82) is 0 Å². The van der Waals surface area contributed by atoms with Crippen LogP contribution in [0.15, 0.2) is 12.3 Å². The summed E-state index contributed by atoms with van der Waals surface area (Å²) >= 11 is 0. The van der Waals surface area contributed by atoms with Gasteiger partial charge in [-0.1, -0.05) is 0 Å². The Morgan fingerprint density at radius 1 is 1.69 bits per heavy atom. The van der Waals surface area contributed by atoms with E-state index in [1.54, 1.807) is 0 Å². The minimum Gasteiger partial charge on any atom is -0.364 e. The van der Waals surface area contributed by atoms with Gasteiger partial charge in [0.25, 0.3) is 11.6 Å². The van der Waals surface area contributed by atoms with Crippen LogP contribution in [0.5, 0.6) is 0 Å². The number of nitrogens with zero attached hydrogens (tertiary/aromatic N) is 2. The first kappa shape index (κ1) is 9.11. The van der Waals surface area contributed by atoms with Crippen molar-refractivity contribution in [2.75, 3.05) is 0 Å². The number of nitrogens with two attached hydrogens (primary N) is 1. The predicted octanol–water partition coefficient (Wildman–Crippen LogP) is 0.397. The summed E-state index contributed by atoms with van der Waals surface area (Å²) in [4.78, 5) is 24.0. The molecule has 0 aliphatic carbocycles. The molecule has 0 aliphatic heterocycles. The maximum absolute atomic E-state index is 10.6. The monoisotopic (exact) mass is 181 g/mol. The molecule has 1 rings (SSSR count). The molecule has 2 N–H and O–H groups in total. The third kappa shape index (κ3) is 1.78. The van der Waals surface area contributed by atoms with Crippen LogP contribution in [0.3, 0.4) is 0 Å². The highest BCUT2D eigenvalue weighted by molar-refractivity contribution is 5.91. The van der Waals surface area contributed by atoms with Crippen LogP contribution in [-0.2, 0) is 0 Å². The van der Waals surface area contributed by atoms with E-state index in [4.69, 9.17) is 5.73 Å². The van der Waals surface area contributed by atoms with E-state index in [-0.39, 0.29) is 11.4 Å². The van der Waals surface area contributed by atoms with Gasteiger partial charge >= 0.3 is 0 Å². The quantitative estimate of drug-likeness (QED) is 0.527. The zero-order chi connectivity index (χ0) is 10.0. The Hall–Kier alpha value is -1.98. The van der Waals surface area contributed by atoms with Gasteiger partial charge in [0.1, 0.15) is 11.9 Å². The number of amides is 1. The first-order valence-corrected chi connectivity index (χ1v) is 3.43. The molecule has 1 aromatic heterocycles. The number of hydrogen-bond acceptors (Lipinski definition) is 4. The topological polar surface area (TPSA) is 99.1 Å². The molecule has 68 valence electrons. The third-order valence-corrected chi connectivity index (χ3v) is 1.53. The minimum atomic E-state index is -0.696. The molecule has 1 aromatic rings. The van der Waals surface area contributed by atoms with Crippen LogP contribution in [-0.4, -0.2) is 15.8 Å². The van der Waals surface area contributed by atoms with Crippen LogP contribution in [0.4, 0.5) is 5.69 Å². The van der Waals surface area contributed by atoms with Gasteiger partial charge in [-0.3, -0.25) is 14.9 Å². The second kappa shape index (κ2) is 3.18. The van der Waals surface area contributed by atoms with Crippen molar-refractivity contribution in [2.45, 2.75) is 6.92 Å². The number of carbonyl (C=O) groups excluding carboxylic acids is 1. The lowest BCUT2D eigenvalue weighted by molar-refractivity contribution is -0.385. The summed E-state index contributed by atoms with van der Waals surface area (Å²) in [5.74, 6) is -0.696. The summed E-state index contributed by atoms with van der Waals surface area (Å²) in [5.41, 5.74) is 5.22. The molecule has 0 saturated heterocycles. The second-order valence-electron chi connectivity index (χ2n) is 2.48. The molecule has 0 aromatic carbocycles. The summed E-state index contributed by atoms with van der Waals surface area (Å²) < 4.78 is 0. The normalized spacial score (nSPS) is 9.62. The Balaban J connectivity index is 3.20. The van der Waals surface area contributed by atoms with Gasteiger partial charge in [-0.05, 0) is 13.0 Å². The molecule has 0 spiro atoms. The standard InChI is InChI=1S/C7H7N3O3/c1-4-2-5(7(8)11)9-3-6(4)10(12)13/h2-3H,1H3,(H2,8,11). The van der Waals surface area contributed by atoms with Gasteiger partial charge in [0.05, 0.1) is 4.92 Å². The first-order chi connectivity index (χ1) is 6.02. The third-order valence-electron chi connectivity index (χ3n) is 1.53. The van der Waals surface area contributed by atoms with Crippen LogP contribution in [0, 0.1) is 17.0 Å². The molecule has 13 heavy (non-hydrogen) atoms. The van der Waals surface area contributed by atoms with Gasteiger partial charge in [0, 0.05) is 5.56 Å². The number of primary amides is 1. The van der Waals surface area contributed by atoms with Crippen LogP contribution in [0.25, 0.3) is 0 Å². The lowest BCUT2D eigenvalue weighted by Crippen LogP contribution is -2.13. The summed E-state index contributed by atoms with van der Waals surface area (Å²) in [6.45, 7) is 1.52. The average Bonchev–Trinajstić information content (AvgIpc) is 2.03. The Kier molecular flexibility index (Phi) is 2.23. The van der Waals surface area contributed by atoms with Crippen LogP contribution < -0.4 is 5.73 Å². The van der Waals surface area contributed by atoms with Gasteiger partial charge in [0.2, 0.25) is 0 Å². The van der Waals surface area contributed by atoms with Gasteiger partial charge in [0.15, 0.2) is 0 Å². The molecule has 0 atom stereocenters. The summed E-state index contributed by atoms with van der Waals surface area (Å²) in [6.07, 6.45) is 1.02. The number of aryl methyl sites for hydroxylation is 1. The van der Waals surface area contributed by atoms with Crippen molar-refractivity contribution in [1.82, 2.24) is 4.98 Å². The smallest absolute Gasteiger partial charge is 0.290 e. The fourth-order valence-corrected chi connectivity index (χ4v) is 0.875. The number of hydrogen-bond donors (Lipinski definition) is 1. The molecule has 6 nitrogen and oxygen atoms in total. The van der Waals surface area contributed by atoms with E-state index in [1.807, 2.05) is 0 Å². The molecular weight excluding hydrogens is 174 g/mol. The maximum Gasteiger partial charge on any atom is 0.290 e. The second-order valence-corrected chi connectivity index (χ2v) is 2.48. The van der Waals surface area contributed by atoms with E-state index in [1.165, 1.54) is 13.0 Å².